The number of piperidine rings is 1. The quantitative estimate of drug-likeness (QED) is 0.702. The molecule has 1 aliphatic heterocycles. The summed E-state index contributed by atoms with van der Waals surface area (Å²) in [6.45, 7) is 6.30. The second-order valence-corrected chi connectivity index (χ2v) is 4.49. The second kappa shape index (κ2) is 8.05. The Labute approximate surface area is 93.2 Å². The third-order valence-corrected chi connectivity index (χ3v) is 3.04. The summed E-state index contributed by atoms with van der Waals surface area (Å²) in [5.74, 6) is 0. The summed E-state index contributed by atoms with van der Waals surface area (Å²) in [5, 5.41) is 3.55. The number of hydrogen-bond donors (Lipinski definition) is 1. The molecule has 0 aromatic heterocycles. The molecule has 90 valence electrons. The van der Waals surface area contributed by atoms with Gasteiger partial charge in [0, 0.05) is 19.1 Å². The van der Waals surface area contributed by atoms with E-state index in [0.717, 1.165) is 26.2 Å². The maximum atomic E-state index is 12.1. The van der Waals surface area contributed by atoms with Crippen LogP contribution in [0.5, 0.6) is 0 Å². The number of hydrogen-bond acceptors (Lipinski definition) is 2. The van der Waals surface area contributed by atoms with Crippen molar-refractivity contribution < 1.29 is 4.39 Å². The van der Waals surface area contributed by atoms with Gasteiger partial charge in [0.15, 0.2) is 0 Å². The molecule has 0 saturated carbocycles. The topological polar surface area (TPSA) is 15.3 Å². The van der Waals surface area contributed by atoms with Crippen LogP contribution in [-0.2, 0) is 0 Å². The van der Waals surface area contributed by atoms with E-state index in [0.29, 0.717) is 12.5 Å². The molecular formula is C12H25FN2. The van der Waals surface area contributed by atoms with Gasteiger partial charge in [0.25, 0.3) is 0 Å². The molecule has 1 saturated heterocycles. The first-order chi connectivity index (χ1) is 7.36. The Balaban J connectivity index is 2.21. The molecule has 1 fully saturated rings. The summed E-state index contributed by atoms with van der Waals surface area (Å²) in [7, 11) is 0. The molecule has 0 radical (unpaired) electrons. The van der Waals surface area contributed by atoms with Crippen LogP contribution in [0.4, 0.5) is 4.39 Å². The highest BCUT2D eigenvalue weighted by atomic mass is 19.1. The van der Waals surface area contributed by atoms with Crippen molar-refractivity contribution in [1.29, 1.82) is 0 Å². The van der Waals surface area contributed by atoms with E-state index in [1.54, 1.807) is 0 Å². The van der Waals surface area contributed by atoms with Crippen LogP contribution in [0.2, 0.25) is 0 Å². The highest BCUT2D eigenvalue weighted by molar-refractivity contribution is 4.76. The summed E-state index contributed by atoms with van der Waals surface area (Å²) in [5.41, 5.74) is 0. The molecule has 0 amide bonds. The van der Waals surface area contributed by atoms with E-state index < -0.39 is 0 Å². The van der Waals surface area contributed by atoms with Crippen molar-refractivity contribution in [3.63, 3.8) is 0 Å². The third kappa shape index (κ3) is 5.47. The molecule has 0 spiro atoms. The summed E-state index contributed by atoms with van der Waals surface area (Å²) in [6, 6.07) is 0.643. The van der Waals surface area contributed by atoms with Crippen LogP contribution in [0.15, 0.2) is 0 Å². The monoisotopic (exact) mass is 216 g/mol. The zero-order chi connectivity index (χ0) is 10.9. The van der Waals surface area contributed by atoms with E-state index in [1.165, 1.54) is 25.7 Å². The SMILES string of the molecule is CCCN(CCCF)CC1CCCCN1. The van der Waals surface area contributed by atoms with Gasteiger partial charge in [-0.25, -0.2) is 0 Å². The second-order valence-electron chi connectivity index (χ2n) is 4.49. The van der Waals surface area contributed by atoms with Crippen LogP contribution in [0.25, 0.3) is 0 Å². The number of nitrogens with zero attached hydrogens (tertiary/aromatic N) is 1. The molecule has 3 heteroatoms. The predicted molar refractivity (Wildman–Crippen MR) is 63.0 cm³/mol. The molecule has 15 heavy (non-hydrogen) atoms. The van der Waals surface area contributed by atoms with Crippen molar-refractivity contribution >= 4 is 0 Å². The smallest absolute Gasteiger partial charge is 0.0906 e. The van der Waals surface area contributed by atoms with Crippen molar-refractivity contribution in [3.05, 3.63) is 0 Å². The fourth-order valence-electron chi connectivity index (χ4n) is 2.29. The number of alkyl halides is 1. The van der Waals surface area contributed by atoms with Gasteiger partial charge in [0.2, 0.25) is 0 Å². The average Bonchev–Trinajstić information content (AvgIpc) is 2.28. The Morgan fingerprint density at radius 3 is 2.80 bits per heavy atom. The normalized spacial score (nSPS) is 22.2. The molecule has 0 bridgehead atoms. The van der Waals surface area contributed by atoms with E-state index >= 15 is 0 Å². The van der Waals surface area contributed by atoms with Gasteiger partial charge in [-0.1, -0.05) is 13.3 Å². The average molecular weight is 216 g/mol. The maximum absolute atomic E-state index is 12.1. The first-order valence-corrected chi connectivity index (χ1v) is 6.38. The molecule has 0 aliphatic carbocycles. The summed E-state index contributed by atoms with van der Waals surface area (Å²) < 4.78 is 12.1. The Hall–Kier alpha value is -0.150. The lowest BCUT2D eigenvalue weighted by atomic mass is 10.0. The van der Waals surface area contributed by atoms with Crippen molar-refractivity contribution in [2.45, 2.75) is 45.1 Å². The lowest BCUT2D eigenvalue weighted by Gasteiger charge is -2.30. The first kappa shape index (κ1) is 12.9. The van der Waals surface area contributed by atoms with Crippen LogP contribution in [0, 0.1) is 0 Å². The first-order valence-electron chi connectivity index (χ1n) is 6.38. The molecule has 1 N–H and O–H groups in total. The van der Waals surface area contributed by atoms with E-state index in [2.05, 4.69) is 17.1 Å². The molecule has 1 rings (SSSR count). The summed E-state index contributed by atoms with van der Waals surface area (Å²) in [6.07, 6.45) is 5.80. The lowest BCUT2D eigenvalue weighted by Crippen LogP contribution is -2.44. The fourth-order valence-corrected chi connectivity index (χ4v) is 2.29. The molecule has 1 aliphatic rings. The standard InChI is InChI=1S/C12H25FN2/c1-2-9-15(10-5-7-13)11-12-6-3-4-8-14-12/h12,14H,2-11H2,1H3. The van der Waals surface area contributed by atoms with Crippen molar-refractivity contribution in [2.75, 3.05) is 32.9 Å². The summed E-state index contributed by atoms with van der Waals surface area (Å²) in [4.78, 5) is 2.41. The minimum absolute atomic E-state index is 0.182. The zero-order valence-electron chi connectivity index (χ0n) is 9.97. The van der Waals surface area contributed by atoms with E-state index in [4.69, 9.17) is 0 Å². The number of rotatable bonds is 7. The zero-order valence-corrected chi connectivity index (χ0v) is 9.97. The largest absolute Gasteiger partial charge is 0.313 e. The molecule has 0 aromatic carbocycles. The van der Waals surface area contributed by atoms with Crippen molar-refractivity contribution in [1.82, 2.24) is 10.2 Å². The highest BCUT2D eigenvalue weighted by Gasteiger charge is 2.15. The van der Waals surface area contributed by atoms with Gasteiger partial charge >= 0.3 is 0 Å². The predicted octanol–water partition coefficient (Wildman–Crippen LogP) is 2.20. The van der Waals surface area contributed by atoms with Crippen LogP contribution in [0.1, 0.15) is 39.0 Å². The fraction of sp³-hybridized carbons (Fsp3) is 1.00. The van der Waals surface area contributed by atoms with Crippen molar-refractivity contribution in [3.8, 4) is 0 Å². The summed E-state index contributed by atoms with van der Waals surface area (Å²) >= 11 is 0. The van der Waals surface area contributed by atoms with Gasteiger partial charge in [0.05, 0.1) is 6.67 Å². The van der Waals surface area contributed by atoms with Crippen LogP contribution in [-0.4, -0.2) is 43.8 Å². The van der Waals surface area contributed by atoms with Gasteiger partial charge in [0.1, 0.15) is 0 Å². The van der Waals surface area contributed by atoms with Gasteiger partial charge in [-0.2, -0.15) is 0 Å². The van der Waals surface area contributed by atoms with E-state index in [-0.39, 0.29) is 6.67 Å². The Bertz CT molecular complexity index is 147. The lowest BCUT2D eigenvalue weighted by molar-refractivity contribution is 0.216. The molecule has 2 nitrogen and oxygen atoms in total. The minimum Gasteiger partial charge on any atom is -0.313 e. The van der Waals surface area contributed by atoms with Crippen molar-refractivity contribution in [2.24, 2.45) is 0 Å². The van der Waals surface area contributed by atoms with Gasteiger partial charge in [-0.3, -0.25) is 4.39 Å². The minimum atomic E-state index is -0.182. The molecule has 1 heterocycles. The Morgan fingerprint density at radius 1 is 1.33 bits per heavy atom. The Kier molecular flexibility index (Phi) is 6.94. The molecular weight excluding hydrogens is 191 g/mol. The van der Waals surface area contributed by atoms with E-state index in [9.17, 15) is 4.39 Å². The highest BCUT2D eigenvalue weighted by Crippen LogP contribution is 2.09. The van der Waals surface area contributed by atoms with Crippen LogP contribution in [0.3, 0.4) is 0 Å². The van der Waals surface area contributed by atoms with Gasteiger partial charge in [-0.15, -0.1) is 0 Å². The molecule has 1 unspecified atom stereocenters. The van der Waals surface area contributed by atoms with E-state index in [1.807, 2.05) is 0 Å². The third-order valence-electron chi connectivity index (χ3n) is 3.04. The maximum Gasteiger partial charge on any atom is 0.0906 e. The van der Waals surface area contributed by atoms with Gasteiger partial charge < -0.3 is 10.2 Å². The number of nitrogens with one attached hydrogen (secondary N) is 1. The molecule has 1 atom stereocenters. The number of halogens is 1. The van der Waals surface area contributed by atoms with Crippen LogP contribution < -0.4 is 5.32 Å². The Morgan fingerprint density at radius 2 is 2.20 bits per heavy atom. The van der Waals surface area contributed by atoms with Crippen LogP contribution >= 0.6 is 0 Å². The van der Waals surface area contributed by atoms with Gasteiger partial charge in [-0.05, 0) is 38.8 Å². The molecule has 0 aromatic rings.